The number of nitrogens with zero attached hydrogens (tertiary/aromatic N) is 1. The van der Waals surface area contributed by atoms with Crippen LogP contribution in [0.4, 0.5) is 0 Å². The molecule has 1 saturated heterocycles. The monoisotopic (exact) mass is 292 g/mol. The molecule has 0 aliphatic carbocycles. The Labute approximate surface area is 123 Å². The predicted molar refractivity (Wildman–Crippen MR) is 76.4 cm³/mol. The van der Waals surface area contributed by atoms with Crippen LogP contribution in [0.25, 0.3) is 0 Å². The molecule has 21 heavy (non-hydrogen) atoms. The molecule has 2 rings (SSSR count). The van der Waals surface area contributed by atoms with Crippen molar-refractivity contribution in [3.8, 4) is 0 Å². The summed E-state index contributed by atoms with van der Waals surface area (Å²) in [5, 5.41) is 9.23. The Morgan fingerprint density at radius 1 is 1.43 bits per heavy atom. The molecule has 0 unspecified atom stereocenters. The first-order valence-corrected chi connectivity index (χ1v) is 6.93. The highest BCUT2D eigenvalue weighted by atomic mass is 16.5. The largest absolute Gasteiger partial charge is 0.480 e. The minimum absolute atomic E-state index is 0.268. The Kier molecular flexibility index (Phi) is 4.93. The van der Waals surface area contributed by atoms with E-state index in [-0.39, 0.29) is 18.6 Å². The van der Waals surface area contributed by atoms with Gasteiger partial charge in [0.25, 0.3) is 0 Å². The van der Waals surface area contributed by atoms with Crippen LogP contribution < -0.4 is 5.73 Å². The van der Waals surface area contributed by atoms with E-state index in [1.165, 1.54) is 4.90 Å². The van der Waals surface area contributed by atoms with E-state index in [4.69, 9.17) is 10.5 Å². The fraction of sp³-hybridized carbons (Fsp3) is 0.467. The maximum Gasteiger partial charge on any atom is 0.326 e. The molecule has 3 atom stereocenters. The highest BCUT2D eigenvalue weighted by molar-refractivity contribution is 5.87. The molecule has 1 aromatic carbocycles. The summed E-state index contributed by atoms with van der Waals surface area (Å²) in [7, 11) is 0. The molecule has 1 aliphatic heterocycles. The number of amides is 1. The Bertz CT molecular complexity index is 504. The minimum Gasteiger partial charge on any atom is -0.480 e. The van der Waals surface area contributed by atoms with Crippen LogP contribution in [0.3, 0.4) is 0 Å². The molecule has 114 valence electrons. The van der Waals surface area contributed by atoms with Gasteiger partial charge < -0.3 is 20.5 Å². The van der Waals surface area contributed by atoms with Gasteiger partial charge in [0.1, 0.15) is 6.04 Å². The van der Waals surface area contributed by atoms with E-state index in [9.17, 15) is 14.7 Å². The molecule has 0 saturated carbocycles. The number of benzene rings is 1. The fourth-order valence-corrected chi connectivity index (χ4v) is 2.45. The number of hydrogen-bond acceptors (Lipinski definition) is 4. The molecule has 0 spiro atoms. The van der Waals surface area contributed by atoms with Crippen LogP contribution in [0.15, 0.2) is 30.3 Å². The average Bonchev–Trinajstić information content (AvgIpc) is 2.89. The van der Waals surface area contributed by atoms with Gasteiger partial charge >= 0.3 is 5.97 Å². The number of aliphatic carboxylic acids is 1. The number of hydrogen-bond donors (Lipinski definition) is 2. The number of carboxylic acids is 1. The van der Waals surface area contributed by atoms with E-state index in [2.05, 4.69) is 0 Å². The van der Waals surface area contributed by atoms with Crippen LogP contribution in [0, 0.1) is 0 Å². The summed E-state index contributed by atoms with van der Waals surface area (Å²) >= 11 is 0. The Balaban J connectivity index is 1.97. The number of carbonyl (C=O) groups excluding carboxylic acids is 1. The molecule has 1 fully saturated rings. The van der Waals surface area contributed by atoms with Crippen molar-refractivity contribution in [3.63, 3.8) is 0 Å². The zero-order chi connectivity index (χ0) is 15.4. The highest BCUT2D eigenvalue weighted by Crippen LogP contribution is 2.22. The lowest BCUT2D eigenvalue weighted by Crippen LogP contribution is -2.47. The maximum absolute atomic E-state index is 12.0. The van der Waals surface area contributed by atoms with Crippen molar-refractivity contribution < 1.29 is 19.4 Å². The summed E-state index contributed by atoms with van der Waals surface area (Å²) in [5.41, 5.74) is 6.58. The lowest BCUT2D eigenvalue weighted by Gasteiger charge is -2.23. The van der Waals surface area contributed by atoms with Crippen LogP contribution in [0.5, 0.6) is 0 Å². The van der Waals surface area contributed by atoms with Gasteiger partial charge in [0.05, 0.1) is 18.8 Å². The number of ether oxygens (including phenoxy) is 1. The van der Waals surface area contributed by atoms with Crippen LogP contribution in [-0.4, -0.2) is 46.6 Å². The smallest absolute Gasteiger partial charge is 0.326 e. The van der Waals surface area contributed by atoms with Gasteiger partial charge in [0.15, 0.2) is 0 Å². The van der Waals surface area contributed by atoms with Crippen molar-refractivity contribution >= 4 is 11.9 Å². The summed E-state index contributed by atoms with van der Waals surface area (Å²) in [4.78, 5) is 24.5. The van der Waals surface area contributed by atoms with Crippen LogP contribution in [0.1, 0.15) is 18.9 Å². The zero-order valence-corrected chi connectivity index (χ0v) is 11.9. The van der Waals surface area contributed by atoms with Crippen molar-refractivity contribution in [2.24, 2.45) is 5.73 Å². The molecule has 0 aromatic heterocycles. The first-order valence-electron chi connectivity index (χ1n) is 6.93. The third-order valence-corrected chi connectivity index (χ3v) is 3.55. The summed E-state index contributed by atoms with van der Waals surface area (Å²) in [6, 6.07) is 8.06. The van der Waals surface area contributed by atoms with E-state index >= 15 is 0 Å². The van der Waals surface area contributed by atoms with Gasteiger partial charge in [-0.2, -0.15) is 0 Å². The molecule has 0 bridgehead atoms. The van der Waals surface area contributed by atoms with Gasteiger partial charge in [0, 0.05) is 13.0 Å². The number of likely N-dealkylation sites (tertiary alicyclic amines) is 1. The quantitative estimate of drug-likeness (QED) is 0.829. The Hall–Kier alpha value is -1.92. The van der Waals surface area contributed by atoms with Gasteiger partial charge in [-0.05, 0) is 12.5 Å². The third kappa shape index (κ3) is 3.80. The molecule has 0 radical (unpaired) electrons. The average molecular weight is 292 g/mol. The van der Waals surface area contributed by atoms with Crippen molar-refractivity contribution in [3.05, 3.63) is 35.9 Å². The fourth-order valence-electron chi connectivity index (χ4n) is 2.45. The van der Waals surface area contributed by atoms with Crippen molar-refractivity contribution in [2.45, 2.75) is 38.1 Å². The predicted octanol–water partition coefficient (Wildman–Crippen LogP) is 0.604. The van der Waals surface area contributed by atoms with Gasteiger partial charge in [0.2, 0.25) is 5.91 Å². The normalized spacial score (nSPS) is 23.0. The lowest BCUT2D eigenvalue weighted by atomic mass is 10.2. The molecule has 6 nitrogen and oxygen atoms in total. The van der Waals surface area contributed by atoms with E-state index in [0.29, 0.717) is 13.0 Å². The van der Waals surface area contributed by atoms with Gasteiger partial charge in [-0.25, -0.2) is 4.79 Å². The third-order valence-electron chi connectivity index (χ3n) is 3.55. The molecular formula is C15H20N2O4. The van der Waals surface area contributed by atoms with E-state index in [0.717, 1.165) is 5.56 Å². The molecule has 1 amide bonds. The second kappa shape index (κ2) is 6.69. The summed E-state index contributed by atoms with van der Waals surface area (Å²) in [6.07, 6.45) is 0.00896. The SMILES string of the molecule is C[C@H](N)C(=O)N1C[C@@H](OCc2ccccc2)C[C@H]1C(=O)O. The summed E-state index contributed by atoms with van der Waals surface area (Å²) in [5.74, 6) is -1.37. The molecular weight excluding hydrogens is 272 g/mol. The van der Waals surface area contributed by atoms with Crippen molar-refractivity contribution in [1.82, 2.24) is 4.90 Å². The van der Waals surface area contributed by atoms with Gasteiger partial charge in [-0.15, -0.1) is 0 Å². The second-order valence-electron chi connectivity index (χ2n) is 5.29. The number of rotatable bonds is 5. The van der Waals surface area contributed by atoms with Crippen LogP contribution in [-0.2, 0) is 20.9 Å². The second-order valence-corrected chi connectivity index (χ2v) is 5.29. The number of nitrogens with two attached hydrogens (primary N) is 1. The number of carbonyl (C=O) groups is 2. The van der Waals surface area contributed by atoms with Gasteiger partial charge in [-0.3, -0.25) is 4.79 Å². The first kappa shape index (κ1) is 15.5. The van der Waals surface area contributed by atoms with E-state index in [1.807, 2.05) is 30.3 Å². The molecule has 1 aromatic rings. The van der Waals surface area contributed by atoms with Crippen LogP contribution in [0.2, 0.25) is 0 Å². The molecule has 1 aliphatic rings. The molecule has 1 heterocycles. The summed E-state index contributed by atoms with van der Waals surface area (Å²) in [6.45, 7) is 2.22. The molecule has 3 N–H and O–H groups in total. The van der Waals surface area contributed by atoms with Crippen molar-refractivity contribution in [2.75, 3.05) is 6.54 Å². The lowest BCUT2D eigenvalue weighted by molar-refractivity contribution is -0.148. The van der Waals surface area contributed by atoms with Crippen molar-refractivity contribution in [1.29, 1.82) is 0 Å². The zero-order valence-electron chi connectivity index (χ0n) is 11.9. The Morgan fingerprint density at radius 3 is 2.67 bits per heavy atom. The highest BCUT2D eigenvalue weighted by Gasteiger charge is 2.40. The standard InChI is InChI=1S/C15H20N2O4/c1-10(16)14(18)17-8-12(7-13(17)15(19)20)21-9-11-5-3-2-4-6-11/h2-6,10,12-13H,7-9,16H2,1H3,(H,19,20)/t10-,12-,13-/m0/s1. The van der Waals surface area contributed by atoms with E-state index < -0.39 is 18.1 Å². The summed E-state index contributed by atoms with van der Waals surface area (Å²) < 4.78 is 5.73. The molecule has 6 heteroatoms. The maximum atomic E-state index is 12.0. The topological polar surface area (TPSA) is 92.9 Å². The minimum atomic E-state index is -1.02. The Morgan fingerprint density at radius 2 is 2.10 bits per heavy atom. The van der Waals surface area contributed by atoms with Gasteiger partial charge in [-0.1, -0.05) is 30.3 Å². The number of carboxylic acid groups (broad SMARTS) is 1. The first-order chi connectivity index (χ1) is 9.99. The van der Waals surface area contributed by atoms with Crippen LogP contribution >= 0.6 is 0 Å². The van der Waals surface area contributed by atoms with E-state index in [1.54, 1.807) is 6.92 Å².